The first-order chi connectivity index (χ1) is 11.5. The zero-order chi connectivity index (χ0) is 19.1. The molecule has 0 spiro atoms. The Bertz CT molecular complexity index is 913. The minimum absolute atomic E-state index is 0.193. The molecule has 0 saturated carbocycles. The first-order valence-corrected chi connectivity index (χ1v) is 7.67. The molecule has 0 aliphatic rings. The Balaban J connectivity index is 2.59. The summed E-state index contributed by atoms with van der Waals surface area (Å²) >= 11 is 0. The molecular weight excluding hydrogens is 378 g/mol. The minimum Gasteiger partial charge on any atom is -0.503 e. The third-order valence-corrected chi connectivity index (χ3v) is 4.20. The summed E-state index contributed by atoms with van der Waals surface area (Å²) < 4.78 is 81.6. The van der Waals surface area contributed by atoms with Gasteiger partial charge in [-0.2, -0.15) is 17.2 Å². The molecule has 1 heterocycles. The Morgan fingerprint density at radius 2 is 1.52 bits per heavy atom. The van der Waals surface area contributed by atoms with Gasteiger partial charge >= 0.3 is 10.1 Å². The van der Waals surface area contributed by atoms with Crippen LogP contribution in [0.25, 0.3) is 0 Å². The monoisotopic (exact) mass is 387 g/mol. The number of aliphatic hydroxyl groups is 1. The Kier molecular flexibility index (Phi) is 4.72. The molecule has 0 fully saturated rings. The molecular formula is C12H9F4NO7S. The SMILES string of the molecule is O=S(=O)(On1c(O)cc(CCO)c1O)c1c(F)c(F)c(O)c(F)c1F. The summed E-state index contributed by atoms with van der Waals surface area (Å²) in [5.74, 6) is -13.9. The number of halogens is 4. The zero-order valence-corrected chi connectivity index (χ0v) is 12.7. The maximum Gasteiger partial charge on any atom is 0.363 e. The topological polar surface area (TPSA) is 129 Å². The van der Waals surface area contributed by atoms with E-state index in [1.807, 2.05) is 0 Å². The van der Waals surface area contributed by atoms with Crippen LogP contribution in [0.1, 0.15) is 5.56 Å². The molecule has 1 aromatic heterocycles. The fourth-order valence-corrected chi connectivity index (χ4v) is 2.89. The molecule has 1 aromatic carbocycles. The van der Waals surface area contributed by atoms with E-state index in [4.69, 9.17) is 10.2 Å². The molecule has 0 radical (unpaired) electrons. The molecule has 13 heteroatoms. The molecule has 0 unspecified atom stereocenters. The molecule has 25 heavy (non-hydrogen) atoms. The van der Waals surface area contributed by atoms with Crippen LogP contribution in [0.3, 0.4) is 0 Å². The normalized spacial score (nSPS) is 11.7. The summed E-state index contributed by atoms with van der Waals surface area (Å²) in [5.41, 5.74) is -0.195. The van der Waals surface area contributed by atoms with Crippen molar-refractivity contribution < 1.29 is 50.7 Å². The number of hydrogen-bond donors (Lipinski definition) is 4. The highest BCUT2D eigenvalue weighted by Gasteiger charge is 2.36. The van der Waals surface area contributed by atoms with Crippen molar-refractivity contribution in [2.24, 2.45) is 0 Å². The van der Waals surface area contributed by atoms with Crippen LogP contribution in [0.2, 0.25) is 0 Å². The van der Waals surface area contributed by atoms with Gasteiger partial charge in [-0.15, -0.1) is 0 Å². The van der Waals surface area contributed by atoms with Gasteiger partial charge in [0.2, 0.25) is 23.4 Å². The third-order valence-electron chi connectivity index (χ3n) is 2.99. The van der Waals surface area contributed by atoms with Gasteiger partial charge in [0.1, 0.15) is 0 Å². The summed E-state index contributed by atoms with van der Waals surface area (Å²) in [6, 6.07) is 0.770. The van der Waals surface area contributed by atoms with Gasteiger partial charge in [0.15, 0.2) is 22.3 Å². The first kappa shape index (κ1) is 18.7. The largest absolute Gasteiger partial charge is 0.503 e. The molecule has 0 saturated heterocycles. The van der Waals surface area contributed by atoms with E-state index in [-0.39, 0.29) is 16.7 Å². The van der Waals surface area contributed by atoms with E-state index in [2.05, 4.69) is 4.28 Å². The van der Waals surface area contributed by atoms with E-state index in [9.17, 15) is 36.2 Å². The molecule has 0 aliphatic heterocycles. The number of aromatic nitrogens is 1. The van der Waals surface area contributed by atoms with Gasteiger partial charge in [0, 0.05) is 24.7 Å². The van der Waals surface area contributed by atoms with E-state index in [1.165, 1.54) is 0 Å². The Morgan fingerprint density at radius 1 is 1.00 bits per heavy atom. The number of nitrogens with zero attached hydrogens (tertiary/aromatic N) is 1. The fourth-order valence-electron chi connectivity index (χ4n) is 1.85. The predicted octanol–water partition coefficient (Wildman–Crippen LogP) is 0.514. The van der Waals surface area contributed by atoms with Gasteiger partial charge in [-0.25, -0.2) is 8.78 Å². The highest BCUT2D eigenvalue weighted by molar-refractivity contribution is 7.87. The van der Waals surface area contributed by atoms with Crippen LogP contribution >= 0.6 is 0 Å². The second-order valence-corrected chi connectivity index (χ2v) is 6.05. The highest BCUT2D eigenvalue weighted by atomic mass is 32.2. The number of hydrogen-bond acceptors (Lipinski definition) is 7. The lowest BCUT2D eigenvalue weighted by Gasteiger charge is -2.12. The lowest BCUT2D eigenvalue weighted by Crippen LogP contribution is -2.23. The summed E-state index contributed by atoms with van der Waals surface area (Å²) in [6.45, 7) is -0.512. The summed E-state index contributed by atoms with van der Waals surface area (Å²) in [5, 5.41) is 36.7. The second-order valence-electron chi connectivity index (χ2n) is 4.58. The van der Waals surface area contributed by atoms with E-state index < -0.39 is 62.4 Å². The second kappa shape index (κ2) is 6.33. The van der Waals surface area contributed by atoms with Crippen molar-refractivity contribution in [1.29, 1.82) is 0 Å². The van der Waals surface area contributed by atoms with Gasteiger partial charge < -0.3 is 20.4 Å². The van der Waals surface area contributed by atoms with Crippen LogP contribution in [0.5, 0.6) is 17.5 Å². The number of phenols is 1. The van der Waals surface area contributed by atoms with E-state index in [0.717, 1.165) is 6.07 Å². The van der Waals surface area contributed by atoms with Crippen molar-refractivity contribution in [2.75, 3.05) is 6.61 Å². The zero-order valence-electron chi connectivity index (χ0n) is 11.9. The van der Waals surface area contributed by atoms with Crippen LogP contribution < -0.4 is 4.28 Å². The van der Waals surface area contributed by atoms with E-state index >= 15 is 0 Å². The van der Waals surface area contributed by atoms with Crippen LogP contribution in [0.15, 0.2) is 11.0 Å². The Morgan fingerprint density at radius 3 is 2.00 bits per heavy atom. The fraction of sp³-hybridized carbons (Fsp3) is 0.167. The number of aliphatic hydroxyl groups excluding tert-OH is 1. The summed E-state index contributed by atoms with van der Waals surface area (Å²) in [7, 11) is -5.64. The molecule has 2 aromatic rings. The van der Waals surface area contributed by atoms with Crippen LogP contribution in [0.4, 0.5) is 17.6 Å². The molecule has 0 amide bonds. The van der Waals surface area contributed by atoms with E-state index in [1.54, 1.807) is 0 Å². The lowest BCUT2D eigenvalue weighted by molar-refractivity contribution is 0.199. The highest BCUT2D eigenvalue weighted by Crippen LogP contribution is 2.33. The average Bonchev–Trinajstić information content (AvgIpc) is 2.78. The maximum absolute atomic E-state index is 13.7. The number of benzene rings is 1. The Hall–Kier alpha value is -2.67. The number of rotatable bonds is 5. The lowest BCUT2D eigenvalue weighted by atomic mass is 10.2. The van der Waals surface area contributed by atoms with Crippen molar-refractivity contribution in [3.8, 4) is 17.5 Å². The van der Waals surface area contributed by atoms with Gasteiger partial charge in [-0.05, 0) is 0 Å². The van der Waals surface area contributed by atoms with Crippen molar-refractivity contribution in [2.45, 2.75) is 11.3 Å². The first-order valence-electron chi connectivity index (χ1n) is 6.26. The summed E-state index contributed by atoms with van der Waals surface area (Å²) in [4.78, 5) is -2.23. The molecule has 0 aliphatic carbocycles. The average molecular weight is 387 g/mol. The molecule has 2 rings (SSSR count). The summed E-state index contributed by atoms with van der Waals surface area (Å²) in [6.07, 6.45) is -0.249. The standard InChI is InChI=1S/C12H9F4NO7S/c13-6-8(15)11(9(16)7(14)10(6)20)25(22,23)24-17-5(19)3-4(1-2-18)12(17)21/h3,18-21H,1-2H2. The smallest absolute Gasteiger partial charge is 0.363 e. The predicted molar refractivity (Wildman–Crippen MR) is 70.3 cm³/mol. The number of phenolic OH excluding ortho intramolecular Hbond substituents is 1. The molecule has 0 bridgehead atoms. The minimum atomic E-state index is -5.64. The number of aromatic hydroxyl groups is 3. The maximum atomic E-state index is 13.7. The molecule has 4 N–H and O–H groups in total. The molecule has 138 valence electrons. The van der Waals surface area contributed by atoms with Crippen LogP contribution in [-0.2, 0) is 16.5 Å². The van der Waals surface area contributed by atoms with Gasteiger partial charge in [-0.3, -0.25) is 4.28 Å². The van der Waals surface area contributed by atoms with Crippen LogP contribution in [0, 0.1) is 23.3 Å². The van der Waals surface area contributed by atoms with Crippen molar-refractivity contribution in [3.05, 3.63) is 34.9 Å². The quantitative estimate of drug-likeness (QED) is 0.435. The van der Waals surface area contributed by atoms with Gasteiger partial charge in [-0.1, -0.05) is 4.73 Å². The van der Waals surface area contributed by atoms with Gasteiger partial charge in [0.05, 0.1) is 0 Å². The van der Waals surface area contributed by atoms with Crippen molar-refractivity contribution >= 4 is 10.1 Å². The third kappa shape index (κ3) is 3.02. The molecule has 8 nitrogen and oxygen atoms in total. The van der Waals surface area contributed by atoms with Crippen molar-refractivity contribution in [1.82, 2.24) is 4.73 Å². The Labute approximate surface area is 136 Å². The van der Waals surface area contributed by atoms with Gasteiger partial charge in [0.25, 0.3) is 0 Å². The van der Waals surface area contributed by atoms with Crippen molar-refractivity contribution in [3.63, 3.8) is 0 Å². The van der Waals surface area contributed by atoms with E-state index in [0.29, 0.717) is 0 Å². The van der Waals surface area contributed by atoms with Crippen LogP contribution in [-0.4, -0.2) is 40.2 Å². The molecule has 0 atom stereocenters.